The lowest BCUT2D eigenvalue weighted by molar-refractivity contribution is 0.829. The maximum absolute atomic E-state index is 2.49. The van der Waals surface area contributed by atoms with E-state index in [-0.39, 0.29) is 0 Å². The van der Waals surface area contributed by atoms with Gasteiger partial charge in [0.15, 0.2) is 0 Å². The number of rotatable bonds is 15. The molecule has 0 saturated carbocycles. The van der Waals surface area contributed by atoms with Crippen LogP contribution in [0.1, 0.15) is 6.92 Å². The summed E-state index contributed by atoms with van der Waals surface area (Å²) in [5.41, 5.74) is 27.6. The third-order valence-corrected chi connectivity index (χ3v) is 30.1. The molecule has 0 radical (unpaired) electrons. The quantitative estimate of drug-likeness (QED) is 0.0956. The highest BCUT2D eigenvalue weighted by Crippen LogP contribution is 2.52. The van der Waals surface area contributed by atoms with Gasteiger partial charge in [-0.25, -0.2) is 0 Å². The molecule has 0 aliphatic heterocycles. The fourth-order valence-corrected chi connectivity index (χ4v) is 23.8. The van der Waals surface area contributed by atoms with Gasteiger partial charge in [-0.1, -0.05) is 364 Å². The molecule has 674 valence electrons. The molecule has 27 aromatic carbocycles. The van der Waals surface area contributed by atoms with Crippen LogP contribution >= 0.6 is 0 Å². The van der Waals surface area contributed by atoms with E-state index in [1.165, 1.54) is 224 Å². The van der Waals surface area contributed by atoms with E-state index in [4.69, 9.17) is 0 Å². The molecule has 3 heterocycles. The number of hydrogen-bond donors (Lipinski definition) is 0. The molecule has 0 aliphatic carbocycles. The molecule has 0 amide bonds. The Morgan fingerprint density at radius 3 is 0.806 bits per heavy atom. The summed E-state index contributed by atoms with van der Waals surface area (Å²) in [5.74, 6) is 0. The van der Waals surface area contributed by atoms with Crippen LogP contribution in [0, 0.1) is 0 Å². The highest BCUT2D eigenvalue weighted by atomic mass is 15.2. The van der Waals surface area contributed by atoms with Crippen molar-refractivity contribution in [3.05, 3.63) is 528 Å². The highest BCUT2D eigenvalue weighted by Gasteiger charge is 2.27. The average molecular weight is 1830 g/mol. The SMILES string of the molecule is CCn1c2ccccc2c2cc3ccc4c(-c5ccc(N(c6ccccc6)c6ccccc6)cc5)ccc5ccc(c3c54)c21.c1ccc(N(c2ccc(-c3ccc4ccc5c6c(ccc3c46)cc3c4ccccc4n(-c4ccccc4)c35)cc2)c2cccc3ccccc23)cc1.c1ccc(N(c2ccccc2)c2ccc(-c3ccc4ccc5c6c(ccc3c46)cc3c4ccccc4n(-c4ccccc4)c35)cc2)cc1. The van der Waals surface area contributed by atoms with E-state index in [2.05, 4.69) is 563 Å². The summed E-state index contributed by atoms with van der Waals surface area (Å²) >= 11 is 0. The van der Waals surface area contributed by atoms with E-state index in [0.717, 1.165) is 52.0 Å². The van der Waals surface area contributed by atoms with E-state index >= 15 is 0 Å². The summed E-state index contributed by atoms with van der Waals surface area (Å²) < 4.78 is 7.38. The predicted octanol–water partition coefficient (Wildman–Crippen LogP) is 38.6. The molecular formula is C138H92N6. The first-order valence-corrected chi connectivity index (χ1v) is 49.9. The van der Waals surface area contributed by atoms with Crippen LogP contribution < -0.4 is 14.7 Å². The van der Waals surface area contributed by atoms with Gasteiger partial charge in [0.1, 0.15) is 0 Å². The Hall–Kier alpha value is -18.9. The lowest BCUT2D eigenvalue weighted by atomic mass is 9.89. The van der Waals surface area contributed by atoms with Crippen molar-refractivity contribution in [2.45, 2.75) is 13.5 Å². The summed E-state index contributed by atoms with van der Waals surface area (Å²) in [6, 6.07) is 192. The molecule has 0 bridgehead atoms. The summed E-state index contributed by atoms with van der Waals surface area (Å²) in [4.78, 5) is 6.99. The Labute approximate surface area is 832 Å². The van der Waals surface area contributed by atoms with E-state index in [9.17, 15) is 0 Å². The number of nitrogens with zero attached hydrogens (tertiary/aromatic N) is 6. The fraction of sp³-hybridized carbons (Fsp3) is 0.0145. The summed E-state index contributed by atoms with van der Waals surface area (Å²) in [6.45, 7) is 3.19. The Bertz CT molecular complexity index is 10100. The van der Waals surface area contributed by atoms with Crippen LogP contribution in [0.5, 0.6) is 0 Å². The summed E-state index contributed by atoms with van der Waals surface area (Å²) in [5, 5.41) is 33.7. The fourth-order valence-electron chi connectivity index (χ4n) is 23.8. The minimum absolute atomic E-state index is 0.939. The zero-order valence-corrected chi connectivity index (χ0v) is 79.1. The Morgan fingerprint density at radius 1 is 0.167 bits per heavy atom. The van der Waals surface area contributed by atoms with Crippen LogP contribution in [0.25, 0.3) is 218 Å². The normalized spacial score (nSPS) is 11.8. The van der Waals surface area contributed by atoms with E-state index in [0.29, 0.717) is 0 Å². The molecule has 6 nitrogen and oxygen atoms in total. The highest BCUT2D eigenvalue weighted by molar-refractivity contribution is 6.36. The molecule has 30 aromatic rings. The van der Waals surface area contributed by atoms with Gasteiger partial charge in [0, 0.05) is 123 Å². The number of benzene rings is 27. The summed E-state index contributed by atoms with van der Waals surface area (Å²) in [6.07, 6.45) is 0. The first-order valence-electron chi connectivity index (χ1n) is 49.9. The number of hydrogen-bond acceptors (Lipinski definition) is 3. The van der Waals surface area contributed by atoms with Crippen LogP contribution in [-0.2, 0) is 6.54 Å². The molecule has 0 fully saturated rings. The molecule has 0 unspecified atom stereocenters. The minimum Gasteiger partial charge on any atom is -0.340 e. The van der Waals surface area contributed by atoms with Crippen molar-refractivity contribution in [1.29, 1.82) is 0 Å². The second-order valence-corrected chi connectivity index (χ2v) is 37.9. The molecular weight excluding hydrogens is 1740 g/mol. The molecule has 0 aliphatic rings. The van der Waals surface area contributed by atoms with Crippen molar-refractivity contribution in [1.82, 2.24) is 13.7 Å². The first-order chi connectivity index (χ1) is 71.4. The predicted molar refractivity (Wildman–Crippen MR) is 616 cm³/mol. The van der Waals surface area contributed by atoms with Gasteiger partial charge in [0.05, 0.1) is 33.3 Å². The number of fused-ring (bicyclic) bond motifs is 13. The molecule has 3 aromatic heterocycles. The van der Waals surface area contributed by atoms with Gasteiger partial charge in [-0.05, 0) is 290 Å². The van der Waals surface area contributed by atoms with Gasteiger partial charge in [0.2, 0.25) is 0 Å². The maximum atomic E-state index is 2.49. The smallest absolute Gasteiger partial charge is 0.0620 e. The number of anilines is 9. The lowest BCUT2D eigenvalue weighted by Gasteiger charge is -2.27. The van der Waals surface area contributed by atoms with E-state index in [1.54, 1.807) is 0 Å². The van der Waals surface area contributed by atoms with Gasteiger partial charge in [-0.2, -0.15) is 0 Å². The van der Waals surface area contributed by atoms with Crippen molar-refractivity contribution < 1.29 is 0 Å². The maximum Gasteiger partial charge on any atom is 0.0620 e. The molecule has 30 rings (SSSR count). The van der Waals surface area contributed by atoms with E-state index in [1.807, 2.05) is 0 Å². The Kier molecular flexibility index (Phi) is 19.9. The number of aromatic nitrogens is 3. The number of aryl methyl sites for hydroxylation is 1. The molecule has 144 heavy (non-hydrogen) atoms. The van der Waals surface area contributed by atoms with Crippen molar-refractivity contribution in [3.8, 4) is 44.8 Å². The second kappa shape index (κ2) is 34.3. The van der Waals surface area contributed by atoms with Gasteiger partial charge in [-0.3, -0.25) is 0 Å². The molecule has 0 spiro atoms. The molecule has 6 heteroatoms. The van der Waals surface area contributed by atoms with Crippen molar-refractivity contribution in [2.75, 3.05) is 14.7 Å². The van der Waals surface area contributed by atoms with Gasteiger partial charge < -0.3 is 28.4 Å². The van der Waals surface area contributed by atoms with Crippen LogP contribution in [-0.4, -0.2) is 13.7 Å². The molecule has 0 atom stereocenters. The largest absolute Gasteiger partial charge is 0.340 e. The van der Waals surface area contributed by atoms with Gasteiger partial charge in [-0.15, -0.1) is 0 Å². The van der Waals surface area contributed by atoms with Crippen molar-refractivity contribution >= 4 is 224 Å². The van der Waals surface area contributed by atoms with E-state index < -0.39 is 0 Å². The summed E-state index contributed by atoms with van der Waals surface area (Å²) in [7, 11) is 0. The monoisotopic (exact) mass is 1830 g/mol. The van der Waals surface area contributed by atoms with Crippen LogP contribution in [0.3, 0.4) is 0 Å². The topological polar surface area (TPSA) is 24.5 Å². The zero-order chi connectivity index (χ0) is 95.0. The third kappa shape index (κ3) is 13.5. The Morgan fingerprint density at radius 2 is 0.431 bits per heavy atom. The zero-order valence-electron chi connectivity index (χ0n) is 79.1. The van der Waals surface area contributed by atoms with Gasteiger partial charge >= 0.3 is 0 Å². The third-order valence-electron chi connectivity index (χ3n) is 30.1. The molecule has 0 saturated heterocycles. The average Bonchev–Trinajstić information content (AvgIpc) is 1.52. The van der Waals surface area contributed by atoms with Crippen molar-refractivity contribution in [3.63, 3.8) is 0 Å². The number of para-hydroxylation sites is 10. The van der Waals surface area contributed by atoms with Crippen LogP contribution in [0.15, 0.2) is 528 Å². The minimum atomic E-state index is 0.939. The molecule has 0 N–H and O–H groups in total. The van der Waals surface area contributed by atoms with Gasteiger partial charge in [0.25, 0.3) is 0 Å². The lowest BCUT2D eigenvalue weighted by Crippen LogP contribution is -2.10. The van der Waals surface area contributed by atoms with Crippen molar-refractivity contribution in [2.24, 2.45) is 0 Å². The van der Waals surface area contributed by atoms with Crippen LogP contribution in [0.4, 0.5) is 51.2 Å². The second-order valence-electron chi connectivity index (χ2n) is 37.9. The first kappa shape index (κ1) is 83.3. The van der Waals surface area contributed by atoms with Crippen LogP contribution in [0.2, 0.25) is 0 Å². The Balaban J connectivity index is 0.000000105. The standard InChI is InChI=1S/C50H32N2.C46H30N2.C42H30N2/c1-3-14-37(15-4-1)51(46-21-11-13-33-12-7-8-18-41(33)46)39-27-22-34(23-28-39)40-29-24-35-25-31-44-49-36(26-30-43(40)48(35)49)32-45-42-19-9-10-20-47(42)52(50(44)45)38-16-5-2-6-17-38;1-4-12-34(13-5-1)47(35-14-6-2-7-15-35)37-25-20-31(21-26-37)38-27-22-32-23-29-41-45-33(24-28-40(38)44(32)45)30-42-39-18-10-11-19-43(39)48(46(41)42)36-16-8-3-9-17-36;1-2-43-39-16-10-9-15-35(39)38-27-30-21-25-36-34(24-19-29-20-26-37(42(38)43)41(30)40(29)36)28-17-22-33(23-18-28)44(31-11-5-3-6-12-31)32-13-7-4-8-14-32/h1-32H;1-30H;3-27H,2H2,1H3.